The number of anilines is 1. The van der Waals surface area contributed by atoms with Crippen LogP contribution in [0.4, 0.5) is 10.5 Å². The summed E-state index contributed by atoms with van der Waals surface area (Å²) >= 11 is 0. The predicted octanol–water partition coefficient (Wildman–Crippen LogP) is 2.31. The summed E-state index contributed by atoms with van der Waals surface area (Å²) in [5.41, 5.74) is 2.47. The summed E-state index contributed by atoms with van der Waals surface area (Å²) in [7, 11) is 0. The summed E-state index contributed by atoms with van der Waals surface area (Å²) in [5.74, 6) is 6.20. The zero-order valence-electron chi connectivity index (χ0n) is 13.8. The fourth-order valence-corrected chi connectivity index (χ4v) is 2.56. The van der Waals surface area contributed by atoms with Gasteiger partial charge in [-0.3, -0.25) is 0 Å². The average molecular weight is 336 g/mol. The van der Waals surface area contributed by atoms with Crippen molar-refractivity contribution in [3.63, 3.8) is 0 Å². The molecule has 1 aliphatic rings. The average Bonchev–Trinajstić information content (AvgIpc) is 2.67. The monoisotopic (exact) mass is 336 g/mol. The van der Waals surface area contributed by atoms with Crippen molar-refractivity contribution in [1.82, 2.24) is 4.90 Å². The highest BCUT2D eigenvalue weighted by Crippen LogP contribution is 2.13. The smallest absolute Gasteiger partial charge is 0.322 e. The van der Waals surface area contributed by atoms with Gasteiger partial charge in [-0.25, -0.2) is 4.79 Å². The summed E-state index contributed by atoms with van der Waals surface area (Å²) < 4.78 is 5.36. The van der Waals surface area contributed by atoms with E-state index in [1.54, 1.807) is 4.90 Å². The van der Waals surface area contributed by atoms with E-state index in [1.807, 2.05) is 54.6 Å². The minimum Gasteiger partial charge on any atom is -0.394 e. The van der Waals surface area contributed by atoms with Gasteiger partial charge in [-0.2, -0.15) is 0 Å². The Morgan fingerprint density at radius 2 is 1.92 bits per heavy atom. The fraction of sp³-hybridized carbons (Fsp3) is 0.250. The Bertz CT molecular complexity index is 780. The maximum atomic E-state index is 12.4. The van der Waals surface area contributed by atoms with E-state index in [2.05, 4.69) is 17.2 Å². The number of urea groups is 1. The van der Waals surface area contributed by atoms with Gasteiger partial charge in [0.25, 0.3) is 0 Å². The number of aliphatic hydroxyl groups excluding tert-OH is 1. The number of carbonyl (C=O) groups is 1. The van der Waals surface area contributed by atoms with Crippen LogP contribution in [0, 0.1) is 11.8 Å². The van der Waals surface area contributed by atoms with Crippen LogP contribution in [-0.2, 0) is 4.74 Å². The van der Waals surface area contributed by atoms with Crippen LogP contribution in [0.2, 0.25) is 0 Å². The molecule has 2 aromatic rings. The molecule has 128 valence electrons. The molecule has 0 radical (unpaired) electrons. The van der Waals surface area contributed by atoms with Gasteiger partial charge >= 0.3 is 6.03 Å². The van der Waals surface area contributed by atoms with Gasteiger partial charge in [-0.05, 0) is 30.3 Å². The largest absolute Gasteiger partial charge is 0.394 e. The molecule has 2 amide bonds. The van der Waals surface area contributed by atoms with Crippen LogP contribution in [-0.4, -0.2) is 48.4 Å². The minimum atomic E-state index is -0.317. The molecule has 1 atom stereocenters. The first kappa shape index (κ1) is 17.0. The lowest BCUT2D eigenvalue weighted by molar-refractivity contribution is -0.0388. The molecule has 2 N–H and O–H groups in total. The van der Waals surface area contributed by atoms with Crippen molar-refractivity contribution in [3.8, 4) is 11.8 Å². The molecule has 0 aromatic heterocycles. The summed E-state index contributed by atoms with van der Waals surface area (Å²) in [5, 5.41) is 12.0. The number of amides is 2. The van der Waals surface area contributed by atoms with Crippen molar-refractivity contribution in [2.75, 3.05) is 31.6 Å². The number of rotatable bonds is 2. The first-order valence-corrected chi connectivity index (χ1v) is 8.20. The highest BCUT2D eigenvalue weighted by Gasteiger charge is 2.23. The van der Waals surface area contributed by atoms with Crippen molar-refractivity contribution < 1.29 is 14.6 Å². The Labute approximate surface area is 147 Å². The van der Waals surface area contributed by atoms with Crippen LogP contribution in [0.1, 0.15) is 11.1 Å². The van der Waals surface area contributed by atoms with Crippen LogP contribution in [0.25, 0.3) is 0 Å². The summed E-state index contributed by atoms with van der Waals surface area (Å²) in [6.45, 7) is 1.24. The van der Waals surface area contributed by atoms with Gasteiger partial charge in [0.2, 0.25) is 0 Å². The molecule has 2 aromatic carbocycles. The molecule has 0 spiro atoms. The van der Waals surface area contributed by atoms with Crippen LogP contribution < -0.4 is 5.32 Å². The second-order valence-corrected chi connectivity index (χ2v) is 5.75. The highest BCUT2D eigenvalue weighted by molar-refractivity contribution is 5.89. The van der Waals surface area contributed by atoms with Crippen molar-refractivity contribution in [1.29, 1.82) is 0 Å². The molecule has 1 fully saturated rings. The van der Waals surface area contributed by atoms with Gasteiger partial charge in [-0.1, -0.05) is 36.1 Å². The van der Waals surface area contributed by atoms with E-state index in [1.165, 1.54) is 0 Å². The molecule has 0 saturated carbocycles. The van der Waals surface area contributed by atoms with E-state index in [0.29, 0.717) is 25.4 Å². The number of nitrogens with one attached hydrogen (secondary N) is 1. The van der Waals surface area contributed by atoms with E-state index in [9.17, 15) is 9.90 Å². The Balaban J connectivity index is 1.65. The normalized spacial score (nSPS) is 16.7. The standard InChI is InChI=1S/C20H20N2O3/c23-15-19-14-22(11-12-25-19)20(24)21-18-8-4-7-17(13-18)10-9-16-5-2-1-3-6-16/h1-8,13,19,23H,11-12,14-15H2,(H,21,24)/t19-/m0/s1. The molecule has 0 bridgehead atoms. The number of nitrogens with zero attached hydrogens (tertiary/aromatic N) is 1. The summed E-state index contributed by atoms with van der Waals surface area (Å²) in [6.07, 6.45) is -0.317. The Hall–Kier alpha value is -2.81. The van der Waals surface area contributed by atoms with E-state index in [4.69, 9.17) is 4.74 Å². The van der Waals surface area contributed by atoms with E-state index < -0.39 is 0 Å². The first-order valence-electron chi connectivity index (χ1n) is 8.20. The minimum absolute atomic E-state index is 0.0889. The topological polar surface area (TPSA) is 61.8 Å². The molecule has 5 heteroatoms. The Kier molecular flexibility index (Phi) is 5.68. The van der Waals surface area contributed by atoms with Gasteiger partial charge in [0.1, 0.15) is 0 Å². The zero-order chi connectivity index (χ0) is 17.5. The molecule has 0 unspecified atom stereocenters. The van der Waals surface area contributed by atoms with Crippen LogP contribution in [0.5, 0.6) is 0 Å². The van der Waals surface area contributed by atoms with E-state index in [0.717, 1.165) is 11.1 Å². The first-order chi connectivity index (χ1) is 12.2. The molecule has 1 aliphatic heterocycles. The SMILES string of the molecule is O=C(Nc1cccc(C#Cc2ccccc2)c1)N1CCO[C@H](CO)C1. The number of morpholine rings is 1. The van der Waals surface area contributed by atoms with Crippen LogP contribution in [0.15, 0.2) is 54.6 Å². The number of hydrogen-bond acceptors (Lipinski definition) is 3. The third-order valence-corrected chi connectivity index (χ3v) is 3.87. The number of benzene rings is 2. The lowest BCUT2D eigenvalue weighted by Gasteiger charge is -2.32. The second kappa shape index (κ2) is 8.34. The molecule has 25 heavy (non-hydrogen) atoms. The number of ether oxygens (including phenoxy) is 1. The van der Waals surface area contributed by atoms with Crippen molar-refractivity contribution >= 4 is 11.7 Å². The third-order valence-electron chi connectivity index (χ3n) is 3.87. The highest BCUT2D eigenvalue weighted by atomic mass is 16.5. The van der Waals surface area contributed by atoms with Gasteiger partial charge in [0.05, 0.1) is 25.9 Å². The van der Waals surface area contributed by atoms with Gasteiger partial charge in [0.15, 0.2) is 0 Å². The van der Waals surface area contributed by atoms with Gasteiger partial charge in [-0.15, -0.1) is 0 Å². The molecule has 0 aliphatic carbocycles. The molecular weight excluding hydrogens is 316 g/mol. The molecule has 1 saturated heterocycles. The predicted molar refractivity (Wildman–Crippen MR) is 96.3 cm³/mol. The van der Waals surface area contributed by atoms with Crippen LogP contribution >= 0.6 is 0 Å². The number of carbonyl (C=O) groups excluding carboxylic acids is 1. The second-order valence-electron chi connectivity index (χ2n) is 5.75. The quantitative estimate of drug-likeness (QED) is 0.828. The lowest BCUT2D eigenvalue weighted by atomic mass is 10.1. The summed E-state index contributed by atoms with van der Waals surface area (Å²) in [4.78, 5) is 14.0. The van der Waals surface area contributed by atoms with Gasteiger partial charge < -0.3 is 20.1 Å². The van der Waals surface area contributed by atoms with E-state index >= 15 is 0 Å². The molecule has 5 nitrogen and oxygen atoms in total. The number of aliphatic hydroxyl groups is 1. The summed E-state index contributed by atoms with van der Waals surface area (Å²) in [6, 6.07) is 17.0. The van der Waals surface area contributed by atoms with Gasteiger partial charge in [0, 0.05) is 23.4 Å². The third kappa shape index (κ3) is 4.83. The van der Waals surface area contributed by atoms with Crippen molar-refractivity contribution in [3.05, 3.63) is 65.7 Å². The molecule has 3 rings (SSSR count). The lowest BCUT2D eigenvalue weighted by Crippen LogP contribution is -2.48. The maximum absolute atomic E-state index is 12.4. The van der Waals surface area contributed by atoms with E-state index in [-0.39, 0.29) is 18.7 Å². The van der Waals surface area contributed by atoms with Crippen molar-refractivity contribution in [2.24, 2.45) is 0 Å². The molecule has 1 heterocycles. The van der Waals surface area contributed by atoms with Crippen molar-refractivity contribution in [2.45, 2.75) is 6.10 Å². The number of hydrogen-bond donors (Lipinski definition) is 2. The Morgan fingerprint density at radius 1 is 1.16 bits per heavy atom. The Morgan fingerprint density at radius 3 is 2.72 bits per heavy atom. The molecular formula is C20H20N2O3. The fourth-order valence-electron chi connectivity index (χ4n) is 2.56. The van der Waals surface area contributed by atoms with Crippen LogP contribution in [0.3, 0.4) is 0 Å². The maximum Gasteiger partial charge on any atom is 0.322 e. The zero-order valence-corrected chi connectivity index (χ0v) is 13.8.